The molecule has 0 aliphatic carbocycles. The van der Waals surface area contributed by atoms with Gasteiger partial charge in [0.1, 0.15) is 0 Å². The van der Waals surface area contributed by atoms with Crippen LogP contribution in [-0.4, -0.2) is 27.5 Å². The molecular formula is C20H19F3N4O. The lowest BCUT2D eigenvalue weighted by atomic mass is 10.1. The van der Waals surface area contributed by atoms with E-state index in [1.54, 1.807) is 19.6 Å². The van der Waals surface area contributed by atoms with E-state index in [4.69, 9.17) is 0 Å². The smallest absolute Gasteiger partial charge is 0.334 e. The number of para-hydroxylation sites is 1. The van der Waals surface area contributed by atoms with Gasteiger partial charge in [-0.1, -0.05) is 30.3 Å². The predicted molar refractivity (Wildman–Crippen MR) is 98.7 cm³/mol. The summed E-state index contributed by atoms with van der Waals surface area (Å²) in [7, 11) is 1.59. The van der Waals surface area contributed by atoms with Crippen LogP contribution in [0, 0.1) is 0 Å². The van der Waals surface area contributed by atoms with Crippen molar-refractivity contribution >= 4 is 6.03 Å². The predicted octanol–water partition coefficient (Wildman–Crippen LogP) is 4.23. The molecule has 1 heterocycles. The molecule has 0 fully saturated rings. The van der Waals surface area contributed by atoms with Crippen molar-refractivity contribution in [3.63, 3.8) is 0 Å². The van der Waals surface area contributed by atoms with Gasteiger partial charge in [0.2, 0.25) is 0 Å². The molecule has 2 aromatic carbocycles. The minimum Gasteiger partial charge on any atom is -0.334 e. The molecule has 3 aromatic rings. The van der Waals surface area contributed by atoms with Crippen LogP contribution in [0.15, 0.2) is 67.3 Å². The number of hydrogen-bond donors (Lipinski definition) is 1. The molecular weight excluding hydrogens is 369 g/mol. The average molecular weight is 388 g/mol. The first-order valence-corrected chi connectivity index (χ1v) is 8.56. The fraction of sp³-hybridized carbons (Fsp3) is 0.200. The molecule has 3 rings (SSSR count). The SMILES string of the molecule is CN(Cc1ccc(C(F)(F)F)cc1)C(=O)NCc1ccccc1-n1ccnc1. The van der Waals surface area contributed by atoms with Gasteiger partial charge < -0.3 is 14.8 Å². The summed E-state index contributed by atoms with van der Waals surface area (Å²) in [4.78, 5) is 17.8. The van der Waals surface area contributed by atoms with Crippen LogP contribution in [0.3, 0.4) is 0 Å². The zero-order valence-corrected chi connectivity index (χ0v) is 15.1. The second kappa shape index (κ2) is 8.16. The average Bonchev–Trinajstić information content (AvgIpc) is 3.20. The lowest BCUT2D eigenvalue weighted by Gasteiger charge is -2.19. The van der Waals surface area contributed by atoms with Gasteiger partial charge in [-0.2, -0.15) is 13.2 Å². The van der Waals surface area contributed by atoms with Crippen molar-refractivity contribution in [1.29, 1.82) is 0 Å². The Morgan fingerprint density at radius 2 is 1.86 bits per heavy atom. The Hall–Kier alpha value is -3.29. The number of urea groups is 1. The monoisotopic (exact) mass is 388 g/mol. The van der Waals surface area contributed by atoms with Gasteiger partial charge >= 0.3 is 12.2 Å². The van der Waals surface area contributed by atoms with Gasteiger partial charge in [-0.05, 0) is 29.3 Å². The number of nitrogens with zero attached hydrogens (tertiary/aromatic N) is 3. The third kappa shape index (κ3) is 4.70. The van der Waals surface area contributed by atoms with E-state index in [-0.39, 0.29) is 12.6 Å². The number of amides is 2. The summed E-state index contributed by atoms with van der Waals surface area (Å²) in [6.07, 6.45) is 0.798. The largest absolute Gasteiger partial charge is 0.416 e. The number of alkyl halides is 3. The van der Waals surface area contributed by atoms with Crippen LogP contribution in [0.1, 0.15) is 16.7 Å². The van der Waals surface area contributed by atoms with Gasteiger partial charge in [-0.25, -0.2) is 9.78 Å². The number of rotatable bonds is 5. The Labute approximate surface area is 160 Å². The zero-order chi connectivity index (χ0) is 20.1. The van der Waals surface area contributed by atoms with Crippen LogP contribution in [0.25, 0.3) is 5.69 Å². The molecule has 0 saturated heterocycles. The maximum absolute atomic E-state index is 12.6. The van der Waals surface area contributed by atoms with Crippen molar-refractivity contribution in [1.82, 2.24) is 19.8 Å². The van der Waals surface area contributed by atoms with Crippen LogP contribution in [0.4, 0.5) is 18.0 Å². The minimum absolute atomic E-state index is 0.202. The van der Waals surface area contributed by atoms with Gasteiger partial charge in [-0.3, -0.25) is 0 Å². The zero-order valence-electron chi connectivity index (χ0n) is 15.1. The first-order chi connectivity index (χ1) is 13.3. The van der Waals surface area contributed by atoms with E-state index in [0.29, 0.717) is 12.1 Å². The molecule has 1 N–H and O–H groups in total. The molecule has 8 heteroatoms. The van der Waals surface area contributed by atoms with Crippen molar-refractivity contribution in [2.24, 2.45) is 0 Å². The number of benzene rings is 2. The highest BCUT2D eigenvalue weighted by Gasteiger charge is 2.29. The van der Waals surface area contributed by atoms with Crippen LogP contribution in [0.2, 0.25) is 0 Å². The third-order valence-electron chi connectivity index (χ3n) is 4.25. The molecule has 0 unspecified atom stereocenters. The van der Waals surface area contributed by atoms with E-state index in [1.807, 2.05) is 35.0 Å². The molecule has 0 aliphatic heterocycles. The summed E-state index contributed by atoms with van der Waals surface area (Å²) in [6.45, 7) is 0.512. The third-order valence-corrected chi connectivity index (χ3v) is 4.25. The van der Waals surface area contributed by atoms with Crippen molar-refractivity contribution in [2.75, 3.05) is 7.05 Å². The van der Waals surface area contributed by atoms with Crippen molar-refractivity contribution in [3.05, 3.63) is 83.9 Å². The van der Waals surface area contributed by atoms with E-state index in [9.17, 15) is 18.0 Å². The lowest BCUT2D eigenvalue weighted by Crippen LogP contribution is -2.36. The van der Waals surface area contributed by atoms with Gasteiger partial charge in [0.05, 0.1) is 17.6 Å². The fourth-order valence-corrected chi connectivity index (χ4v) is 2.76. The van der Waals surface area contributed by atoms with Gasteiger partial charge in [0, 0.05) is 32.5 Å². The lowest BCUT2D eigenvalue weighted by molar-refractivity contribution is -0.137. The van der Waals surface area contributed by atoms with Crippen LogP contribution < -0.4 is 5.32 Å². The van der Waals surface area contributed by atoms with E-state index < -0.39 is 11.7 Å². The summed E-state index contributed by atoms with van der Waals surface area (Å²) in [6, 6.07) is 12.1. The van der Waals surface area contributed by atoms with Crippen LogP contribution in [-0.2, 0) is 19.3 Å². The molecule has 1 aromatic heterocycles. The van der Waals surface area contributed by atoms with Crippen molar-refractivity contribution < 1.29 is 18.0 Å². The fourth-order valence-electron chi connectivity index (χ4n) is 2.76. The Morgan fingerprint density at radius 3 is 2.50 bits per heavy atom. The molecule has 2 amide bonds. The summed E-state index contributed by atoms with van der Waals surface area (Å²) in [5.74, 6) is 0. The summed E-state index contributed by atoms with van der Waals surface area (Å²) in [5.41, 5.74) is 1.73. The van der Waals surface area contributed by atoms with E-state index >= 15 is 0 Å². The normalized spacial score (nSPS) is 11.3. The second-order valence-corrected chi connectivity index (χ2v) is 6.31. The van der Waals surface area contributed by atoms with E-state index in [2.05, 4.69) is 10.3 Å². The van der Waals surface area contributed by atoms with Gasteiger partial charge in [-0.15, -0.1) is 0 Å². The quantitative estimate of drug-likeness (QED) is 0.711. The number of aromatic nitrogens is 2. The first kappa shape index (κ1) is 19.5. The van der Waals surface area contributed by atoms with E-state index in [0.717, 1.165) is 23.4 Å². The highest BCUT2D eigenvalue weighted by Crippen LogP contribution is 2.29. The topological polar surface area (TPSA) is 50.2 Å². The van der Waals surface area contributed by atoms with Crippen molar-refractivity contribution in [2.45, 2.75) is 19.3 Å². The molecule has 0 radical (unpaired) electrons. The summed E-state index contributed by atoms with van der Waals surface area (Å²) in [5, 5.41) is 2.83. The number of halogens is 3. The number of carbonyl (C=O) groups is 1. The number of hydrogen-bond acceptors (Lipinski definition) is 2. The van der Waals surface area contributed by atoms with E-state index in [1.165, 1.54) is 17.0 Å². The summed E-state index contributed by atoms with van der Waals surface area (Å²) < 4.78 is 39.7. The minimum atomic E-state index is -4.37. The highest BCUT2D eigenvalue weighted by molar-refractivity contribution is 5.74. The molecule has 0 bridgehead atoms. The van der Waals surface area contributed by atoms with Crippen LogP contribution in [0.5, 0.6) is 0 Å². The van der Waals surface area contributed by atoms with Crippen molar-refractivity contribution in [3.8, 4) is 5.69 Å². The number of carbonyl (C=O) groups excluding carboxylic acids is 1. The Morgan fingerprint density at radius 1 is 1.14 bits per heavy atom. The Balaban J connectivity index is 1.60. The number of nitrogens with one attached hydrogen (secondary N) is 1. The first-order valence-electron chi connectivity index (χ1n) is 8.56. The molecule has 0 aliphatic rings. The Kier molecular flexibility index (Phi) is 5.67. The molecule has 5 nitrogen and oxygen atoms in total. The number of imidazole rings is 1. The van der Waals surface area contributed by atoms with Gasteiger partial charge in [0.25, 0.3) is 0 Å². The molecule has 0 atom stereocenters. The standard InChI is InChI=1S/C20H19F3N4O/c1-26(13-15-6-8-17(9-7-15)20(21,22)23)19(28)25-12-16-4-2-3-5-18(16)27-11-10-24-14-27/h2-11,14H,12-13H2,1H3,(H,25,28). The van der Waals surface area contributed by atoms with Crippen LogP contribution >= 0.6 is 0 Å². The molecule has 146 valence electrons. The maximum Gasteiger partial charge on any atom is 0.416 e. The Bertz CT molecular complexity index is 921. The summed E-state index contributed by atoms with van der Waals surface area (Å²) >= 11 is 0. The maximum atomic E-state index is 12.6. The highest BCUT2D eigenvalue weighted by atomic mass is 19.4. The molecule has 0 spiro atoms. The second-order valence-electron chi connectivity index (χ2n) is 6.31. The van der Waals surface area contributed by atoms with Gasteiger partial charge in [0.15, 0.2) is 0 Å². The molecule has 0 saturated carbocycles. The molecule has 28 heavy (non-hydrogen) atoms.